The van der Waals surface area contributed by atoms with E-state index >= 15 is 0 Å². The Kier molecular flexibility index (Phi) is 8.34. The van der Waals surface area contributed by atoms with Crippen molar-refractivity contribution >= 4 is 21.9 Å². The molecule has 0 aromatic heterocycles. The van der Waals surface area contributed by atoms with Gasteiger partial charge in [0.2, 0.25) is 10.0 Å². The van der Waals surface area contributed by atoms with Crippen LogP contribution in [-0.2, 0) is 36.4 Å². The van der Waals surface area contributed by atoms with E-state index in [0.29, 0.717) is 11.3 Å². The number of carbonyl (C=O) groups excluding carboxylic acids is 2. The van der Waals surface area contributed by atoms with E-state index in [9.17, 15) is 22.4 Å². The summed E-state index contributed by atoms with van der Waals surface area (Å²) in [4.78, 5) is 25.2. The summed E-state index contributed by atoms with van der Waals surface area (Å²) in [6.07, 6.45) is 0.0228. The van der Waals surface area contributed by atoms with Gasteiger partial charge in [0.1, 0.15) is 17.6 Å². The predicted octanol–water partition coefficient (Wildman–Crippen LogP) is 2.31. The summed E-state index contributed by atoms with van der Waals surface area (Å²) < 4.78 is 53.2. The molecule has 39 heavy (non-hydrogen) atoms. The fraction of sp³-hybridized carbons (Fsp3) is 0.286. The number of nitrogens with two attached hydrogens (primary N) is 1. The molecule has 0 aliphatic carbocycles. The van der Waals surface area contributed by atoms with E-state index in [2.05, 4.69) is 0 Å². The van der Waals surface area contributed by atoms with E-state index in [-0.39, 0.29) is 30.3 Å². The van der Waals surface area contributed by atoms with Crippen molar-refractivity contribution in [2.45, 2.75) is 23.0 Å². The number of sulfonamides is 1. The summed E-state index contributed by atoms with van der Waals surface area (Å²) in [5.41, 5.74) is 6.25. The second-order valence-electron chi connectivity index (χ2n) is 9.55. The zero-order valence-electron chi connectivity index (χ0n) is 21.6. The van der Waals surface area contributed by atoms with Crippen LogP contribution in [0, 0.1) is 5.82 Å². The zero-order valence-corrected chi connectivity index (χ0v) is 22.4. The first kappa shape index (κ1) is 28.2. The summed E-state index contributed by atoms with van der Waals surface area (Å²) >= 11 is 0. The van der Waals surface area contributed by atoms with Crippen molar-refractivity contribution in [3.05, 3.63) is 95.8 Å². The van der Waals surface area contributed by atoms with Gasteiger partial charge in [0.25, 0.3) is 5.91 Å². The highest BCUT2D eigenvalue weighted by atomic mass is 32.2. The monoisotopic (exact) mass is 555 g/mol. The van der Waals surface area contributed by atoms with E-state index in [0.717, 1.165) is 5.56 Å². The van der Waals surface area contributed by atoms with Crippen molar-refractivity contribution in [1.82, 2.24) is 9.21 Å². The first-order valence-corrected chi connectivity index (χ1v) is 13.7. The molecular formula is C28H30FN3O6S. The molecule has 4 rings (SSSR count). The Balaban J connectivity index is 1.48. The molecule has 1 heterocycles. The molecule has 2 N–H and O–H groups in total. The first-order chi connectivity index (χ1) is 18.5. The van der Waals surface area contributed by atoms with Crippen LogP contribution in [0.1, 0.15) is 11.1 Å². The topological polar surface area (TPSA) is 119 Å². The van der Waals surface area contributed by atoms with Gasteiger partial charge in [0.15, 0.2) is 12.2 Å². The molecule has 1 saturated heterocycles. The van der Waals surface area contributed by atoms with Crippen molar-refractivity contribution in [3.63, 3.8) is 0 Å². The van der Waals surface area contributed by atoms with Crippen LogP contribution in [0.15, 0.2) is 83.8 Å². The maximum atomic E-state index is 13.8. The van der Waals surface area contributed by atoms with Crippen molar-refractivity contribution in [3.8, 4) is 5.75 Å². The van der Waals surface area contributed by atoms with Crippen molar-refractivity contribution in [1.29, 1.82) is 0 Å². The molecule has 1 fully saturated rings. The molecule has 3 aromatic carbocycles. The van der Waals surface area contributed by atoms with Gasteiger partial charge in [-0.1, -0.05) is 48.5 Å². The number of benzene rings is 3. The van der Waals surface area contributed by atoms with Crippen LogP contribution in [0.5, 0.6) is 5.75 Å². The van der Waals surface area contributed by atoms with Gasteiger partial charge in [-0.05, 0) is 41.8 Å². The Morgan fingerprint density at radius 1 is 1.03 bits per heavy atom. The van der Waals surface area contributed by atoms with Crippen molar-refractivity contribution < 1.29 is 31.9 Å². The lowest BCUT2D eigenvalue weighted by Gasteiger charge is -2.48. The third-order valence-electron chi connectivity index (χ3n) is 6.40. The molecule has 0 unspecified atom stereocenters. The molecule has 206 valence electrons. The van der Waals surface area contributed by atoms with E-state index in [1.807, 2.05) is 30.3 Å². The van der Waals surface area contributed by atoms with Crippen molar-refractivity contribution in [2.75, 3.05) is 33.8 Å². The Hall–Kier alpha value is -3.80. The average Bonchev–Trinajstić information content (AvgIpc) is 2.89. The smallest absolute Gasteiger partial charge is 0.323 e. The number of rotatable bonds is 10. The second-order valence-corrected chi connectivity index (χ2v) is 11.5. The second kappa shape index (κ2) is 11.5. The number of esters is 1. The number of ether oxygens (including phenoxy) is 2. The quantitative estimate of drug-likeness (QED) is 0.381. The standard InChI is InChI=1S/C28H30FN3O6S/c1-31(2)26(33)17-37-27(34)25(30)15-20-8-6-13-24(14-20)39(35,36)32-18-28(19-32,21-9-4-3-5-10-21)38-23-12-7-11-22(29)16-23/h3-14,16,25H,15,17-19,30H2,1-2H3/t25-/m0/s1. The number of amides is 1. The highest BCUT2D eigenvalue weighted by Gasteiger charge is 2.52. The SMILES string of the molecule is CN(C)C(=O)COC(=O)[C@@H](N)Cc1cccc(S(=O)(=O)N2CC(Oc3cccc(F)c3)(c3ccccc3)C2)c1. The van der Waals surface area contributed by atoms with Gasteiger partial charge in [0.05, 0.1) is 18.0 Å². The summed E-state index contributed by atoms with van der Waals surface area (Å²) in [5, 5.41) is 0. The number of hydrogen-bond donors (Lipinski definition) is 1. The average molecular weight is 556 g/mol. The van der Waals surface area contributed by atoms with Crippen LogP contribution in [0.4, 0.5) is 4.39 Å². The van der Waals surface area contributed by atoms with Crippen LogP contribution in [0.3, 0.4) is 0 Å². The molecule has 3 aromatic rings. The largest absolute Gasteiger partial charge is 0.480 e. The summed E-state index contributed by atoms with van der Waals surface area (Å²) in [6.45, 7) is -0.387. The van der Waals surface area contributed by atoms with Gasteiger partial charge in [0, 0.05) is 20.2 Å². The minimum Gasteiger partial charge on any atom is -0.480 e. The molecule has 1 aliphatic rings. The zero-order chi connectivity index (χ0) is 28.2. The molecule has 0 saturated carbocycles. The van der Waals surface area contributed by atoms with Gasteiger partial charge >= 0.3 is 5.97 Å². The van der Waals surface area contributed by atoms with Crippen LogP contribution in [-0.4, -0.2) is 69.3 Å². The Morgan fingerprint density at radius 3 is 2.38 bits per heavy atom. The lowest BCUT2D eigenvalue weighted by Crippen LogP contribution is -2.64. The molecule has 1 aliphatic heterocycles. The number of halogens is 1. The van der Waals surface area contributed by atoms with Crippen LogP contribution < -0.4 is 10.5 Å². The number of likely N-dealkylation sites (N-methyl/N-ethyl adjacent to an activating group) is 1. The van der Waals surface area contributed by atoms with Crippen LogP contribution in [0.25, 0.3) is 0 Å². The first-order valence-electron chi connectivity index (χ1n) is 12.2. The Morgan fingerprint density at radius 2 is 1.72 bits per heavy atom. The van der Waals surface area contributed by atoms with Crippen LogP contribution >= 0.6 is 0 Å². The van der Waals surface area contributed by atoms with E-state index in [1.165, 1.54) is 53.6 Å². The predicted molar refractivity (Wildman–Crippen MR) is 142 cm³/mol. The molecule has 1 amide bonds. The highest BCUT2D eigenvalue weighted by molar-refractivity contribution is 7.89. The molecule has 1 atom stereocenters. The molecular weight excluding hydrogens is 525 g/mol. The maximum absolute atomic E-state index is 13.8. The Labute approximate surface area is 227 Å². The molecule has 11 heteroatoms. The molecule has 0 bridgehead atoms. The molecule has 9 nitrogen and oxygen atoms in total. The van der Waals surface area contributed by atoms with Gasteiger partial charge in [-0.15, -0.1) is 0 Å². The Bertz CT molecular complexity index is 1440. The van der Waals surface area contributed by atoms with Crippen LogP contribution in [0.2, 0.25) is 0 Å². The van der Waals surface area contributed by atoms with Gasteiger partial charge in [-0.3, -0.25) is 9.59 Å². The van der Waals surface area contributed by atoms with Gasteiger partial charge in [-0.25, -0.2) is 12.8 Å². The fourth-order valence-electron chi connectivity index (χ4n) is 4.19. The van der Waals surface area contributed by atoms with E-state index in [4.69, 9.17) is 15.2 Å². The minimum absolute atomic E-state index is 0.0197. The number of carbonyl (C=O) groups is 2. The van der Waals surface area contributed by atoms with E-state index in [1.54, 1.807) is 18.2 Å². The van der Waals surface area contributed by atoms with E-state index < -0.39 is 40.1 Å². The van der Waals surface area contributed by atoms with Gasteiger partial charge in [-0.2, -0.15) is 4.31 Å². The third-order valence-corrected chi connectivity index (χ3v) is 8.19. The molecule has 0 radical (unpaired) electrons. The lowest BCUT2D eigenvalue weighted by atomic mass is 9.87. The molecule has 0 spiro atoms. The summed E-state index contributed by atoms with van der Waals surface area (Å²) in [6, 6.07) is 20.0. The summed E-state index contributed by atoms with van der Waals surface area (Å²) in [7, 11) is -0.840. The highest BCUT2D eigenvalue weighted by Crippen LogP contribution is 2.40. The third kappa shape index (κ3) is 6.44. The lowest BCUT2D eigenvalue weighted by molar-refractivity contribution is -0.152. The normalized spacial score (nSPS) is 15.6. The maximum Gasteiger partial charge on any atom is 0.323 e. The number of hydrogen-bond acceptors (Lipinski definition) is 7. The fourth-order valence-corrected chi connectivity index (χ4v) is 5.79. The minimum atomic E-state index is -3.92. The number of nitrogens with zero attached hydrogens (tertiary/aromatic N) is 2. The van der Waals surface area contributed by atoms with Crippen molar-refractivity contribution in [2.24, 2.45) is 5.73 Å². The van der Waals surface area contributed by atoms with Gasteiger partial charge < -0.3 is 20.1 Å². The summed E-state index contributed by atoms with van der Waals surface area (Å²) in [5.74, 6) is -1.30.